The number of likely N-dealkylation sites (tertiary alicyclic amines) is 1. The summed E-state index contributed by atoms with van der Waals surface area (Å²) in [6.07, 6.45) is 2.62. The number of fused-ring (bicyclic) bond motifs is 1. The molecule has 0 aromatic heterocycles. The fourth-order valence-corrected chi connectivity index (χ4v) is 5.61. The predicted molar refractivity (Wildman–Crippen MR) is 136 cm³/mol. The van der Waals surface area contributed by atoms with Gasteiger partial charge in [0.1, 0.15) is 29.5 Å². The van der Waals surface area contributed by atoms with Crippen molar-refractivity contribution in [2.24, 2.45) is 0 Å². The monoisotopic (exact) mass is 457 g/mol. The molecule has 2 atom stereocenters. The number of ether oxygens (including phenoxy) is 3. The standard InChI is InChI=1S/C30H35NO3/c1-30(2)29(23-11-13-24(14-12-23)33-20-19-31-17-7-8-18-31)28(22-9-5-4-6-10-22)26-16-15-25(32-3)21-27(26)34-30/h4-6,9-16,21,28-29H,7-8,17-20H2,1-3H3/t28-,29+/m1/s1. The van der Waals surface area contributed by atoms with Crippen LogP contribution in [0.4, 0.5) is 0 Å². The van der Waals surface area contributed by atoms with Crippen LogP contribution in [0.15, 0.2) is 72.8 Å². The van der Waals surface area contributed by atoms with E-state index in [-0.39, 0.29) is 11.8 Å². The van der Waals surface area contributed by atoms with Crippen LogP contribution in [0.2, 0.25) is 0 Å². The minimum Gasteiger partial charge on any atom is -0.497 e. The minimum atomic E-state index is -0.405. The Morgan fingerprint density at radius 1 is 0.882 bits per heavy atom. The highest BCUT2D eigenvalue weighted by atomic mass is 16.5. The molecular formula is C30H35NO3. The number of nitrogens with zero attached hydrogens (tertiary/aromatic N) is 1. The van der Waals surface area contributed by atoms with Crippen LogP contribution < -0.4 is 14.2 Å². The van der Waals surface area contributed by atoms with Crippen molar-refractivity contribution < 1.29 is 14.2 Å². The number of hydrogen-bond acceptors (Lipinski definition) is 4. The Morgan fingerprint density at radius 3 is 2.29 bits per heavy atom. The van der Waals surface area contributed by atoms with E-state index in [1.165, 1.54) is 42.6 Å². The lowest BCUT2D eigenvalue weighted by molar-refractivity contribution is 0.0528. The van der Waals surface area contributed by atoms with Crippen LogP contribution in [0.25, 0.3) is 0 Å². The fourth-order valence-electron chi connectivity index (χ4n) is 5.61. The van der Waals surface area contributed by atoms with Gasteiger partial charge in [-0.1, -0.05) is 48.5 Å². The second-order valence-electron chi connectivity index (χ2n) is 9.94. The molecule has 2 aliphatic rings. The molecule has 0 N–H and O–H groups in total. The smallest absolute Gasteiger partial charge is 0.127 e. The van der Waals surface area contributed by atoms with Gasteiger partial charge in [-0.2, -0.15) is 0 Å². The van der Waals surface area contributed by atoms with Crippen LogP contribution in [0.3, 0.4) is 0 Å². The summed E-state index contributed by atoms with van der Waals surface area (Å²) in [7, 11) is 1.70. The van der Waals surface area contributed by atoms with E-state index in [4.69, 9.17) is 14.2 Å². The Hall–Kier alpha value is -2.98. The van der Waals surface area contributed by atoms with Gasteiger partial charge >= 0.3 is 0 Å². The molecule has 5 rings (SSSR count). The van der Waals surface area contributed by atoms with Gasteiger partial charge < -0.3 is 14.2 Å². The van der Waals surface area contributed by atoms with Gasteiger partial charge in [0.05, 0.1) is 7.11 Å². The Bertz CT molecular complexity index is 1090. The second-order valence-corrected chi connectivity index (χ2v) is 9.94. The molecule has 3 aromatic carbocycles. The van der Waals surface area contributed by atoms with Crippen LogP contribution in [0.5, 0.6) is 17.2 Å². The first-order valence-corrected chi connectivity index (χ1v) is 12.4. The van der Waals surface area contributed by atoms with Gasteiger partial charge in [0.25, 0.3) is 0 Å². The molecule has 4 heteroatoms. The topological polar surface area (TPSA) is 30.9 Å². The molecule has 178 valence electrons. The summed E-state index contributed by atoms with van der Waals surface area (Å²) < 4.78 is 18.2. The van der Waals surface area contributed by atoms with E-state index in [9.17, 15) is 0 Å². The largest absolute Gasteiger partial charge is 0.497 e. The van der Waals surface area contributed by atoms with Crippen LogP contribution in [0, 0.1) is 0 Å². The number of hydrogen-bond donors (Lipinski definition) is 0. The summed E-state index contributed by atoms with van der Waals surface area (Å²) in [5.41, 5.74) is 3.34. The van der Waals surface area contributed by atoms with Crippen molar-refractivity contribution in [2.75, 3.05) is 33.4 Å². The second kappa shape index (κ2) is 9.71. The minimum absolute atomic E-state index is 0.148. The highest BCUT2D eigenvalue weighted by Crippen LogP contribution is 2.53. The fraction of sp³-hybridized carbons (Fsp3) is 0.400. The number of rotatable bonds is 7. The third-order valence-electron chi connectivity index (χ3n) is 7.28. The summed E-state index contributed by atoms with van der Waals surface area (Å²) in [6.45, 7) is 8.52. The van der Waals surface area contributed by atoms with Gasteiger partial charge in [-0.15, -0.1) is 0 Å². The van der Waals surface area contributed by atoms with Gasteiger partial charge in [-0.25, -0.2) is 0 Å². The van der Waals surface area contributed by atoms with Gasteiger partial charge in [0, 0.05) is 30.0 Å². The normalized spacial score (nSPS) is 21.5. The first kappa shape index (κ1) is 22.8. The van der Waals surface area contributed by atoms with Crippen molar-refractivity contribution >= 4 is 0 Å². The molecule has 0 amide bonds. The first-order valence-electron chi connectivity index (χ1n) is 12.4. The predicted octanol–water partition coefficient (Wildman–Crippen LogP) is 6.26. The molecule has 34 heavy (non-hydrogen) atoms. The van der Waals surface area contributed by atoms with Crippen LogP contribution in [0.1, 0.15) is 55.2 Å². The average Bonchev–Trinajstić information content (AvgIpc) is 3.37. The van der Waals surface area contributed by atoms with E-state index in [0.717, 1.165) is 30.4 Å². The third kappa shape index (κ3) is 4.65. The maximum atomic E-state index is 6.62. The average molecular weight is 458 g/mol. The van der Waals surface area contributed by atoms with E-state index in [1.54, 1.807) is 7.11 Å². The summed E-state index contributed by atoms with van der Waals surface area (Å²) in [5.74, 6) is 2.97. The maximum absolute atomic E-state index is 6.62. The van der Waals surface area contributed by atoms with Crippen LogP contribution in [-0.4, -0.2) is 43.9 Å². The zero-order chi connectivity index (χ0) is 23.5. The van der Waals surface area contributed by atoms with Crippen molar-refractivity contribution in [1.82, 2.24) is 4.90 Å². The molecule has 0 bridgehead atoms. The van der Waals surface area contributed by atoms with Crippen molar-refractivity contribution in [3.8, 4) is 17.2 Å². The molecule has 0 radical (unpaired) electrons. The molecule has 4 nitrogen and oxygen atoms in total. The molecule has 0 aliphatic carbocycles. The lowest BCUT2D eigenvalue weighted by Gasteiger charge is -2.45. The molecular weight excluding hydrogens is 422 g/mol. The van der Waals surface area contributed by atoms with E-state index in [2.05, 4.69) is 79.4 Å². The van der Waals surface area contributed by atoms with E-state index >= 15 is 0 Å². The molecule has 2 aliphatic heterocycles. The van der Waals surface area contributed by atoms with E-state index in [0.29, 0.717) is 0 Å². The zero-order valence-corrected chi connectivity index (χ0v) is 20.5. The first-order chi connectivity index (χ1) is 16.5. The molecule has 0 saturated carbocycles. The van der Waals surface area contributed by atoms with Crippen molar-refractivity contribution in [1.29, 1.82) is 0 Å². The Balaban J connectivity index is 1.44. The highest BCUT2D eigenvalue weighted by Gasteiger charge is 2.45. The van der Waals surface area contributed by atoms with Gasteiger partial charge in [0.2, 0.25) is 0 Å². The van der Waals surface area contributed by atoms with Crippen molar-refractivity contribution in [2.45, 2.75) is 44.1 Å². The SMILES string of the molecule is COc1ccc2c(c1)OC(C)(C)[C@@H](c1ccc(OCCN3CCCC3)cc1)[C@@H]2c1ccccc1. The summed E-state index contributed by atoms with van der Waals surface area (Å²) in [4.78, 5) is 2.48. The van der Waals surface area contributed by atoms with Crippen molar-refractivity contribution in [3.05, 3.63) is 89.5 Å². The summed E-state index contributed by atoms with van der Waals surface area (Å²) in [5, 5.41) is 0. The Kier molecular flexibility index (Phi) is 6.51. The molecule has 1 fully saturated rings. The van der Waals surface area contributed by atoms with Crippen LogP contribution >= 0.6 is 0 Å². The lowest BCUT2D eigenvalue weighted by atomic mass is 9.68. The van der Waals surface area contributed by atoms with Gasteiger partial charge in [-0.05, 0) is 69.1 Å². The van der Waals surface area contributed by atoms with E-state index < -0.39 is 5.60 Å². The lowest BCUT2D eigenvalue weighted by Crippen LogP contribution is -2.43. The van der Waals surface area contributed by atoms with Gasteiger partial charge in [-0.3, -0.25) is 4.90 Å². The molecule has 3 aromatic rings. The number of benzene rings is 3. The van der Waals surface area contributed by atoms with Gasteiger partial charge in [0.15, 0.2) is 0 Å². The molecule has 0 spiro atoms. The zero-order valence-electron chi connectivity index (χ0n) is 20.5. The maximum Gasteiger partial charge on any atom is 0.127 e. The Morgan fingerprint density at radius 2 is 1.59 bits per heavy atom. The third-order valence-corrected chi connectivity index (χ3v) is 7.28. The Labute approximate surface area is 203 Å². The molecule has 2 heterocycles. The highest BCUT2D eigenvalue weighted by molar-refractivity contribution is 5.52. The number of methoxy groups -OCH3 is 1. The van der Waals surface area contributed by atoms with Crippen LogP contribution in [-0.2, 0) is 0 Å². The summed E-state index contributed by atoms with van der Waals surface area (Å²) >= 11 is 0. The van der Waals surface area contributed by atoms with E-state index in [1.807, 2.05) is 12.1 Å². The quantitative estimate of drug-likeness (QED) is 0.419. The molecule has 0 unspecified atom stereocenters. The van der Waals surface area contributed by atoms with Crippen molar-refractivity contribution in [3.63, 3.8) is 0 Å². The summed E-state index contributed by atoms with van der Waals surface area (Å²) in [6, 6.07) is 25.6. The molecule has 1 saturated heterocycles.